The van der Waals surface area contributed by atoms with Gasteiger partial charge in [-0.3, -0.25) is 4.79 Å². The Kier molecular flexibility index (Phi) is 3.72. The Morgan fingerprint density at radius 2 is 2.15 bits per heavy atom. The molecule has 0 saturated heterocycles. The van der Waals surface area contributed by atoms with Crippen molar-refractivity contribution in [3.8, 4) is 0 Å². The molecule has 0 aliphatic carbocycles. The summed E-state index contributed by atoms with van der Waals surface area (Å²) in [5, 5.41) is 0. The standard InChI is InChI=1S/C10H13BrO2/c1-3-7(4-2)9(12)10-8(11)5-6-13-10/h5-7H,3-4H2,1-2H3. The fourth-order valence-corrected chi connectivity index (χ4v) is 1.71. The third-order valence-corrected chi connectivity index (χ3v) is 2.82. The minimum atomic E-state index is 0.0856. The van der Waals surface area contributed by atoms with Crippen LogP contribution < -0.4 is 0 Å². The normalized spacial score (nSPS) is 10.8. The molecule has 1 aromatic rings. The highest BCUT2D eigenvalue weighted by atomic mass is 79.9. The molecule has 0 bridgehead atoms. The SMILES string of the molecule is CCC(CC)C(=O)c1occc1Br. The highest BCUT2D eigenvalue weighted by Gasteiger charge is 2.21. The van der Waals surface area contributed by atoms with Gasteiger partial charge in [0.05, 0.1) is 10.7 Å². The summed E-state index contributed by atoms with van der Waals surface area (Å²) in [5.74, 6) is 0.637. The van der Waals surface area contributed by atoms with Crippen molar-refractivity contribution in [1.29, 1.82) is 0 Å². The van der Waals surface area contributed by atoms with E-state index in [0.717, 1.165) is 17.3 Å². The molecule has 0 atom stereocenters. The van der Waals surface area contributed by atoms with Crippen LogP contribution in [0.1, 0.15) is 37.2 Å². The number of ketones is 1. The van der Waals surface area contributed by atoms with Crippen molar-refractivity contribution < 1.29 is 9.21 Å². The van der Waals surface area contributed by atoms with E-state index < -0.39 is 0 Å². The molecule has 0 amide bonds. The Bertz CT molecular complexity index is 287. The number of carbonyl (C=O) groups excluding carboxylic acids is 1. The van der Waals surface area contributed by atoms with E-state index in [-0.39, 0.29) is 11.7 Å². The van der Waals surface area contributed by atoms with E-state index in [2.05, 4.69) is 15.9 Å². The highest BCUT2D eigenvalue weighted by Crippen LogP contribution is 2.23. The molecule has 3 heteroatoms. The molecule has 13 heavy (non-hydrogen) atoms. The van der Waals surface area contributed by atoms with Crippen LogP contribution in [0.15, 0.2) is 21.2 Å². The third-order valence-electron chi connectivity index (χ3n) is 2.20. The number of Topliss-reactive ketones (excluding diaryl/α,β-unsaturated/α-hetero) is 1. The van der Waals surface area contributed by atoms with Crippen molar-refractivity contribution in [1.82, 2.24) is 0 Å². The summed E-state index contributed by atoms with van der Waals surface area (Å²) in [4.78, 5) is 11.8. The van der Waals surface area contributed by atoms with Gasteiger partial charge in [0.1, 0.15) is 0 Å². The van der Waals surface area contributed by atoms with Crippen LogP contribution in [-0.2, 0) is 0 Å². The Morgan fingerprint density at radius 3 is 2.54 bits per heavy atom. The van der Waals surface area contributed by atoms with Crippen LogP contribution in [-0.4, -0.2) is 5.78 Å². The maximum Gasteiger partial charge on any atom is 0.202 e. The minimum absolute atomic E-state index is 0.0856. The molecule has 0 N–H and O–H groups in total. The average Bonchev–Trinajstić information content (AvgIpc) is 2.53. The highest BCUT2D eigenvalue weighted by molar-refractivity contribution is 9.10. The van der Waals surface area contributed by atoms with Gasteiger partial charge in [-0.2, -0.15) is 0 Å². The van der Waals surface area contributed by atoms with Crippen LogP contribution in [0.25, 0.3) is 0 Å². The summed E-state index contributed by atoms with van der Waals surface area (Å²) in [5.41, 5.74) is 0. The van der Waals surface area contributed by atoms with Crippen molar-refractivity contribution in [2.24, 2.45) is 5.92 Å². The van der Waals surface area contributed by atoms with Gasteiger partial charge in [0.15, 0.2) is 5.76 Å². The zero-order chi connectivity index (χ0) is 9.84. The van der Waals surface area contributed by atoms with Crippen LogP contribution in [0, 0.1) is 5.92 Å². The summed E-state index contributed by atoms with van der Waals surface area (Å²) < 4.78 is 5.87. The zero-order valence-corrected chi connectivity index (χ0v) is 9.43. The lowest BCUT2D eigenvalue weighted by Gasteiger charge is -2.08. The Balaban J connectivity index is 2.84. The van der Waals surface area contributed by atoms with Crippen molar-refractivity contribution in [3.63, 3.8) is 0 Å². The first kappa shape index (κ1) is 10.5. The van der Waals surface area contributed by atoms with Crippen molar-refractivity contribution in [3.05, 3.63) is 22.6 Å². The monoisotopic (exact) mass is 244 g/mol. The second kappa shape index (κ2) is 4.61. The van der Waals surface area contributed by atoms with Gasteiger partial charge in [0, 0.05) is 5.92 Å². The topological polar surface area (TPSA) is 30.2 Å². The molecule has 0 aliphatic rings. The van der Waals surface area contributed by atoms with Crippen molar-refractivity contribution in [2.75, 3.05) is 0 Å². The van der Waals surface area contributed by atoms with Gasteiger partial charge in [-0.25, -0.2) is 0 Å². The van der Waals surface area contributed by atoms with E-state index >= 15 is 0 Å². The first-order chi connectivity index (χ1) is 6.20. The molecule has 72 valence electrons. The van der Waals surface area contributed by atoms with Gasteiger partial charge in [-0.1, -0.05) is 13.8 Å². The maximum absolute atomic E-state index is 11.8. The van der Waals surface area contributed by atoms with E-state index in [4.69, 9.17) is 4.42 Å². The summed E-state index contributed by atoms with van der Waals surface area (Å²) in [7, 11) is 0. The third kappa shape index (κ3) is 2.21. The van der Waals surface area contributed by atoms with E-state index in [9.17, 15) is 4.79 Å². The van der Waals surface area contributed by atoms with E-state index in [1.54, 1.807) is 6.07 Å². The molecular weight excluding hydrogens is 232 g/mol. The predicted octanol–water partition coefficient (Wildman–Crippen LogP) is 3.66. The molecule has 0 fully saturated rings. The second-order valence-electron chi connectivity index (χ2n) is 2.98. The van der Waals surface area contributed by atoms with Crippen molar-refractivity contribution in [2.45, 2.75) is 26.7 Å². The first-order valence-corrected chi connectivity index (χ1v) is 5.27. The molecule has 0 radical (unpaired) electrons. The van der Waals surface area contributed by atoms with Gasteiger partial charge in [0.2, 0.25) is 5.78 Å². The Morgan fingerprint density at radius 1 is 1.54 bits per heavy atom. The van der Waals surface area contributed by atoms with Gasteiger partial charge >= 0.3 is 0 Å². The smallest absolute Gasteiger partial charge is 0.202 e. The fourth-order valence-electron chi connectivity index (χ4n) is 1.31. The summed E-state index contributed by atoms with van der Waals surface area (Å²) in [6.45, 7) is 4.03. The lowest BCUT2D eigenvalue weighted by atomic mass is 9.97. The molecule has 0 aromatic carbocycles. The van der Waals surface area contributed by atoms with E-state index in [1.165, 1.54) is 6.26 Å². The molecule has 0 spiro atoms. The van der Waals surface area contributed by atoms with Gasteiger partial charge < -0.3 is 4.42 Å². The number of furan rings is 1. The quantitative estimate of drug-likeness (QED) is 0.757. The number of hydrogen-bond donors (Lipinski definition) is 0. The molecular formula is C10H13BrO2. The van der Waals surface area contributed by atoms with Crippen LogP contribution in [0.4, 0.5) is 0 Å². The van der Waals surface area contributed by atoms with Crippen molar-refractivity contribution >= 4 is 21.7 Å². The molecule has 1 heterocycles. The largest absolute Gasteiger partial charge is 0.460 e. The molecule has 0 aliphatic heterocycles. The Labute approximate surface area is 86.4 Å². The number of halogens is 1. The van der Waals surface area contributed by atoms with Crippen LogP contribution in [0.3, 0.4) is 0 Å². The van der Waals surface area contributed by atoms with Crippen LogP contribution in [0.2, 0.25) is 0 Å². The zero-order valence-electron chi connectivity index (χ0n) is 7.84. The summed E-state index contributed by atoms with van der Waals surface area (Å²) >= 11 is 3.28. The number of rotatable bonds is 4. The van der Waals surface area contributed by atoms with Gasteiger partial charge in [-0.05, 0) is 34.8 Å². The van der Waals surface area contributed by atoms with E-state index in [0.29, 0.717) is 5.76 Å². The number of carbonyl (C=O) groups is 1. The molecule has 1 rings (SSSR count). The maximum atomic E-state index is 11.8. The molecule has 2 nitrogen and oxygen atoms in total. The Hall–Kier alpha value is -0.570. The molecule has 1 aromatic heterocycles. The molecule has 0 unspecified atom stereocenters. The predicted molar refractivity (Wildman–Crippen MR) is 54.8 cm³/mol. The summed E-state index contributed by atoms with van der Waals surface area (Å²) in [6, 6.07) is 1.75. The lowest BCUT2D eigenvalue weighted by molar-refractivity contribution is 0.0883. The van der Waals surface area contributed by atoms with E-state index in [1.807, 2.05) is 13.8 Å². The number of hydrogen-bond acceptors (Lipinski definition) is 2. The fraction of sp³-hybridized carbons (Fsp3) is 0.500. The van der Waals surface area contributed by atoms with Gasteiger partial charge in [0.25, 0.3) is 0 Å². The first-order valence-electron chi connectivity index (χ1n) is 4.47. The lowest BCUT2D eigenvalue weighted by Crippen LogP contribution is -2.12. The van der Waals surface area contributed by atoms with Crippen LogP contribution >= 0.6 is 15.9 Å². The second-order valence-corrected chi connectivity index (χ2v) is 3.83. The summed E-state index contributed by atoms with van der Waals surface area (Å²) in [6.07, 6.45) is 3.25. The molecule has 0 saturated carbocycles. The van der Waals surface area contributed by atoms with Gasteiger partial charge in [-0.15, -0.1) is 0 Å². The minimum Gasteiger partial charge on any atom is -0.460 e. The van der Waals surface area contributed by atoms with Crippen LogP contribution in [0.5, 0.6) is 0 Å². The average molecular weight is 245 g/mol.